The van der Waals surface area contributed by atoms with E-state index in [1.54, 1.807) is 11.8 Å². The van der Waals surface area contributed by atoms with E-state index in [1.165, 1.54) is 0 Å². The Bertz CT molecular complexity index is 394. The van der Waals surface area contributed by atoms with E-state index in [4.69, 9.17) is 5.11 Å². The van der Waals surface area contributed by atoms with Crippen LogP contribution in [0.2, 0.25) is 0 Å². The lowest BCUT2D eigenvalue weighted by Crippen LogP contribution is -2.19. The Hall–Kier alpha value is -0.480. The van der Waals surface area contributed by atoms with E-state index in [0.717, 1.165) is 28.6 Å². The Balaban J connectivity index is 2.10. The number of hydrogen-bond donors (Lipinski definition) is 1. The Morgan fingerprint density at radius 1 is 1.38 bits per heavy atom. The summed E-state index contributed by atoms with van der Waals surface area (Å²) in [6.07, 6.45) is 2.85. The first-order valence-electron chi connectivity index (χ1n) is 5.32. The highest BCUT2D eigenvalue weighted by Gasteiger charge is 2.33. The second-order valence-electron chi connectivity index (χ2n) is 3.96. The molecular weight excluding hydrogens is 288 g/mol. The number of carboxylic acid groups (broad SMARTS) is 1. The number of carbonyl (C=O) groups is 1. The van der Waals surface area contributed by atoms with Crippen LogP contribution in [0.3, 0.4) is 0 Å². The summed E-state index contributed by atoms with van der Waals surface area (Å²) in [7, 11) is 0. The molecule has 0 heterocycles. The lowest BCUT2D eigenvalue weighted by Gasteiger charge is -2.15. The molecule has 0 spiro atoms. The zero-order valence-corrected chi connectivity index (χ0v) is 11.1. The number of aliphatic carboxylic acids is 1. The van der Waals surface area contributed by atoms with E-state index in [2.05, 4.69) is 15.9 Å². The van der Waals surface area contributed by atoms with Gasteiger partial charge >= 0.3 is 5.97 Å². The Morgan fingerprint density at radius 3 is 2.81 bits per heavy atom. The van der Waals surface area contributed by atoms with Crippen molar-refractivity contribution in [2.45, 2.75) is 29.4 Å². The fourth-order valence-electron chi connectivity index (χ4n) is 2.05. The molecule has 1 aliphatic carbocycles. The number of hydrogen-bond acceptors (Lipinski definition) is 2. The van der Waals surface area contributed by atoms with Crippen molar-refractivity contribution in [2.24, 2.45) is 5.92 Å². The average molecular weight is 301 g/mol. The van der Waals surface area contributed by atoms with Gasteiger partial charge in [-0.3, -0.25) is 4.79 Å². The van der Waals surface area contributed by atoms with Gasteiger partial charge in [0.15, 0.2) is 0 Å². The van der Waals surface area contributed by atoms with Gasteiger partial charge in [0.1, 0.15) is 0 Å². The molecule has 1 aromatic rings. The summed E-state index contributed by atoms with van der Waals surface area (Å²) in [5, 5.41) is 9.32. The molecule has 4 heteroatoms. The van der Waals surface area contributed by atoms with Crippen molar-refractivity contribution >= 4 is 33.7 Å². The number of halogens is 1. The van der Waals surface area contributed by atoms with Crippen molar-refractivity contribution in [1.29, 1.82) is 0 Å². The van der Waals surface area contributed by atoms with Crippen LogP contribution in [0.4, 0.5) is 0 Å². The first kappa shape index (κ1) is 12.0. The SMILES string of the molecule is O=C(O)C1CCCC1Sc1ccccc1Br. The fourth-order valence-corrected chi connectivity index (χ4v) is 3.98. The van der Waals surface area contributed by atoms with E-state index in [0.29, 0.717) is 0 Å². The standard InChI is InChI=1S/C12H13BrO2S/c13-9-5-1-2-6-11(9)16-10-7-3-4-8(10)12(14)15/h1-2,5-6,8,10H,3-4,7H2,(H,14,15). The lowest BCUT2D eigenvalue weighted by atomic mass is 10.1. The third-order valence-electron chi connectivity index (χ3n) is 2.88. The quantitative estimate of drug-likeness (QED) is 0.923. The number of carboxylic acids is 1. The Morgan fingerprint density at radius 2 is 2.12 bits per heavy atom. The van der Waals surface area contributed by atoms with Gasteiger partial charge < -0.3 is 5.11 Å². The zero-order chi connectivity index (χ0) is 11.5. The second kappa shape index (κ2) is 5.23. The average Bonchev–Trinajstić information content (AvgIpc) is 2.69. The summed E-state index contributed by atoms with van der Waals surface area (Å²) in [6.45, 7) is 0. The lowest BCUT2D eigenvalue weighted by molar-refractivity contribution is -0.141. The Kier molecular flexibility index (Phi) is 3.92. The normalized spacial score (nSPS) is 24.6. The smallest absolute Gasteiger partial charge is 0.307 e. The fraction of sp³-hybridized carbons (Fsp3) is 0.417. The summed E-state index contributed by atoms with van der Waals surface area (Å²) in [6, 6.07) is 7.98. The van der Waals surface area contributed by atoms with Crippen molar-refractivity contribution in [2.75, 3.05) is 0 Å². The molecule has 0 saturated heterocycles. The predicted octanol–water partition coefficient (Wildman–Crippen LogP) is 3.79. The minimum absolute atomic E-state index is 0.183. The summed E-state index contributed by atoms with van der Waals surface area (Å²) in [5.74, 6) is -0.834. The molecular formula is C12H13BrO2S. The van der Waals surface area contributed by atoms with Crippen LogP contribution >= 0.6 is 27.7 Å². The molecule has 2 atom stereocenters. The molecule has 1 fully saturated rings. The van der Waals surface area contributed by atoms with Crippen molar-refractivity contribution in [3.8, 4) is 0 Å². The van der Waals surface area contributed by atoms with Gasteiger partial charge in [0.05, 0.1) is 5.92 Å². The van der Waals surface area contributed by atoms with Gasteiger partial charge in [-0.2, -0.15) is 0 Å². The zero-order valence-electron chi connectivity index (χ0n) is 8.73. The van der Waals surface area contributed by atoms with Gasteiger partial charge in [-0.1, -0.05) is 18.6 Å². The van der Waals surface area contributed by atoms with Gasteiger partial charge in [-0.25, -0.2) is 0 Å². The minimum Gasteiger partial charge on any atom is -0.481 e. The first-order valence-corrected chi connectivity index (χ1v) is 7.00. The monoisotopic (exact) mass is 300 g/mol. The van der Waals surface area contributed by atoms with E-state index >= 15 is 0 Å². The van der Waals surface area contributed by atoms with Crippen LogP contribution < -0.4 is 0 Å². The molecule has 16 heavy (non-hydrogen) atoms. The van der Waals surface area contributed by atoms with E-state index in [1.807, 2.05) is 24.3 Å². The minimum atomic E-state index is -0.651. The highest BCUT2D eigenvalue weighted by Crippen LogP contribution is 2.41. The van der Waals surface area contributed by atoms with Gasteiger partial charge in [-0.05, 0) is 40.9 Å². The number of benzene rings is 1. The van der Waals surface area contributed by atoms with Crippen LogP contribution in [0.25, 0.3) is 0 Å². The van der Waals surface area contributed by atoms with Crippen LogP contribution in [-0.2, 0) is 4.79 Å². The molecule has 2 unspecified atom stereocenters. The maximum Gasteiger partial charge on any atom is 0.307 e. The molecule has 2 rings (SSSR count). The molecule has 1 saturated carbocycles. The number of thioether (sulfide) groups is 1. The van der Waals surface area contributed by atoms with Crippen LogP contribution in [-0.4, -0.2) is 16.3 Å². The Labute approximate surface area is 108 Å². The van der Waals surface area contributed by atoms with Crippen molar-refractivity contribution in [3.05, 3.63) is 28.7 Å². The van der Waals surface area contributed by atoms with E-state index < -0.39 is 5.97 Å². The molecule has 0 bridgehead atoms. The van der Waals surface area contributed by atoms with Gasteiger partial charge in [0.2, 0.25) is 0 Å². The third-order valence-corrected chi connectivity index (χ3v) is 5.32. The van der Waals surface area contributed by atoms with Gasteiger partial charge in [-0.15, -0.1) is 11.8 Å². The topological polar surface area (TPSA) is 37.3 Å². The molecule has 0 radical (unpaired) electrons. The second-order valence-corrected chi connectivity index (χ2v) is 6.10. The summed E-state index contributed by atoms with van der Waals surface area (Å²) in [5.41, 5.74) is 0. The van der Waals surface area contributed by atoms with E-state index in [-0.39, 0.29) is 11.2 Å². The molecule has 1 aromatic carbocycles. The van der Waals surface area contributed by atoms with Crippen LogP contribution in [0, 0.1) is 5.92 Å². The van der Waals surface area contributed by atoms with Crippen molar-refractivity contribution in [3.63, 3.8) is 0 Å². The van der Waals surface area contributed by atoms with Gasteiger partial charge in [0, 0.05) is 14.6 Å². The molecule has 0 amide bonds. The first-order chi connectivity index (χ1) is 7.68. The highest BCUT2D eigenvalue weighted by atomic mass is 79.9. The summed E-state index contributed by atoms with van der Waals surface area (Å²) in [4.78, 5) is 12.2. The third kappa shape index (κ3) is 2.61. The van der Waals surface area contributed by atoms with Crippen LogP contribution in [0.15, 0.2) is 33.6 Å². The largest absolute Gasteiger partial charge is 0.481 e. The summed E-state index contributed by atoms with van der Waals surface area (Å²) >= 11 is 5.18. The molecule has 86 valence electrons. The van der Waals surface area contributed by atoms with Crippen molar-refractivity contribution < 1.29 is 9.90 Å². The molecule has 1 N–H and O–H groups in total. The van der Waals surface area contributed by atoms with Crippen LogP contribution in [0.5, 0.6) is 0 Å². The molecule has 0 aromatic heterocycles. The highest BCUT2D eigenvalue weighted by molar-refractivity contribution is 9.10. The molecule has 2 nitrogen and oxygen atoms in total. The maximum absolute atomic E-state index is 11.1. The summed E-state index contributed by atoms with van der Waals surface area (Å²) < 4.78 is 1.05. The maximum atomic E-state index is 11.1. The van der Waals surface area contributed by atoms with Gasteiger partial charge in [0.25, 0.3) is 0 Å². The predicted molar refractivity (Wildman–Crippen MR) is 68.8 cm³/mol. The molecule has 1 aliphatic rings. The molecule has 0 aliphatic heterocycles. The van der Waals surface area contributed by atoms with E-state index in [9.17, 15) is 4.79 Å². The number of rotatable bonds is 3. The van der Waals surface area contributed by atoms with Crippen LogP contribution in [0.1, 0.15) is 19.3 Å². The van der Waals surface area contributed by atoms with Crippen molar-refractivity contribution in [1.82, 2.24) is 0 Å².